The highest BCUT2D eigenvalue weighted by Crippen LogP contribution is 2.49. The maximum Gasteiger partial charge on any atom is 0.328 e. The molecule has 3 rings (SSSR count). The summed E-state index contributed by atoms with van der Waals surface area (Å²) in [4.78, 5) is 17.1. The van der Waals surface area contributed by atoms with Crippen molar-refractivity contribution >= 4 is 29.3 Å². The van der Waals surface area contributed by atoms with E-state index in [9.17, 15) is 4.79 Å². The highest BCUT2D eigenvalue weighted by atomic mass is 35.5. The molecule has 5 heteroatoms. The summed E-state index contributed by atoms with van der Waals surface area (Å²) in [5.41, 5.74) is 3.81. The van der Waals surface area contributed by atoms with Crippen molar-refractivity contribution in [3.8, 4) is 0 Å². The highest BCUT2D eigenvalue weighted by molar-refractivity contribution is 8.00. The minimum atomic E-state index is -0.817. The van der Waals surface area contributed by atoms with Crippen molar-refractivity contribution in [2.45, 2.75) is 23.8 Å². The lowest BCUT2D eigenvalue weighted by Crippen LogP contribution is -2.35. The maximum atomic E-state index is 12.6. The molecule has 0 spiro atoms. The van der Waals surface area contributed by atoms with E-state index < -0.39 is 4.75 Å². The van der Waals surface area contributed by atoms with E-state index in [4.69, 9.17) is 16.3 Å². The summed E-state index contributed by atoms with van der Waals surface area (Å²) in [6, 6.07) is 11.9. The number of rotatable bonds is 3. The largest absolute Gasteiger partial charge is 0.468 e. The van der Waals surface area contributed by atoms with Crippen LogP contribution in [0.25, 0.3) is 0 Å². The van der Waals surface area contributed by atoms with Crippen LogP contribution in [0.2, 0.25) is 5.15 Å². The summed E-state index contributed by atoms with van der Waals surface area (Å²) in [6.07, 6.45) is 0.546. The van der Waals surface area contributed by atoms with Crippen LogP contribution >= 0.6 is 23.4 Å². The van der Waals surface area contributed by atoms with E-state index in [-0.39, 0.29) is 5.97 Å². The molecule has 1 aliphatic rings. The molecule has 1 aliphatic heterocycles. The molecule has 0 saturated carbocycles. The molecule has 2 heterocycles. The van der Waals surface area contributed by atoms with E-state index in [0.717, 1.165) is 28.1 Å². The van der Waals surface area contributed by atoms with Gasteiger partial charge in [-0.25, -0.2) is 4.98 Å². The molecule has 114 valence electrons. The number of esters is 1. The van der Waals surface area contributed by atoms with Gasteiger partial charge in [0, 0.05) is 12.2 Å². The Morgan fingerprint density at radius 1 is 1.41 bits per heavy atom. The van der Waals surface area contributed by atoms with Gasteiger partial charge in [0.1, 0.15) is 5.15 Å². The number of hydrogen-bond acceptors (Lipinski definition) is 4. The number of hydrogen-bond donors (Lipinski definition) is 0. The first-order valence-electron chi connectivity index (χ1n) is 6.99. The first-order valence-corrected chi connectivity index (χ1v) is 8.36. The molecular weight excluding hydrogens is 318 g/mol. The van der Waals surface area contributed by atoms with Gasteiger partial charge < -0.3 is 4.74 Å². The van der Waals surface area contributed by atoms with Crippen molar-refractivity contribution in [2.24, 2.45) is 0 Å². The number of pyridine rings is 1. The fourth-order valence-corrected chi connectivity index (χ4v) is 4.33. The van der Waals surface area contributed by atoms with Crippen molar-refractivity contribution < 1.29 is 9.53 Å². The zero-order valence-electron chi connectivity index (χ0n) is 12.4. The van der Waals surface area contributed by atoms with Gasteiger partial charge in [-0.15, -0.1) is 11.8 Å². The van der Waals surface area contributed by atoms with Crippen LogP contribution in [-0.4, -0.2) is 18.1 Å². The van der Waals surface area contributed by atoms with Gasteiger partial charge in [-0.1, -0.05) is 48.0 Å². The summed E-state index contributed by atoms with van der Waals surface area (Å²) in [5, 5.41) is 0.447. The standard InChI is InChI=1S/C17H16ClNO2S/c1-11-8-13-10-22-17(16(20)21-2,14(13)19-15(11)18)9-12-6-4-3-5-7-12/h3-8H,9-10H2,1-2H3. The van der Waals surface area contributed by atoms with Crippen molar-refractivity contribution in [1.29, 1.82) is 0 Å². The maximum absolute atomic E-state index is 12.6. The molecular formula is C17H16ClNO2S. The molecule has 0 saturated heterocycles. The number of aromatic nitrogens is 1. The van der Waals surface area contributed by atoms with Crippen LogP contribution in [0.15, 0.2) is 36.4 Å². The number of thioether (sulfide) groups is 1. The molecule has 1 unspecified atom stereocenters. The van der Waals surface area contributed by atoms with Gasteiger partial charge in [0.25, 0.3) is 0 Å². The van der Waals surface area contributed by atoms with E-state index >= 15 is 0 Å². The van der Waals surface area contributed by atoms with Crippen LogP contribution in [0.1, 0.15) is 22.4 Å². The highest BCUT2D eigenvalue weighted by Gasteiger charge is 2.49. The summed E-state index contributed by atoms with van der Waals surface area (Å²) < 4.78 is 4.28. The summed E-state index contributed by atoms with van der Waals surface area (Å²) >= 11 is 7.77. The van der Waals surface area contributed by atoms with E-state index in [1.54, 1.807) is 11.8 Å². The number of ether oxygens (including phenoxy) is 1. The SMILES string of the molecule is COC(=O)C1(Cc2ccccc2)SCc2cc(C)c(Cl)nc21. The Morgan fingerprint density at radius 3 is 2.82 bits per heavy atom. The zero-order valence-corrected chi connectivity index (χ0v) is 14.0. The molecule has 22 heavy (non-hydrogen) atoms. The molecule has 1 aromatic carbocycles. The Labute approximate surface area is 139 Å². The first kappa shape index (κ1) is 15.4. The van der Waals surface area contributed by atoms with Gasteiger partial charge >= 0.3 is 5.97 Å². The molecule has 1 atom stereocenters. The van der Waals surface area contributed by atoms with Crippen LogP contribution < -0.4 is 0 Å². The monoisotopic (exact) mass is 333 g/mol. The number of fused-ring (bicyclic) bond motifs is 1. The van der Waals surface area contributed by atoms with Gasteiger partial charge in [-0.05, 0) is 23.6 Å². The molecule has 0 amide bonds. The average molecular weight is 334 g/mol. The Kier molecular flexibility index (Phi) is 4.15. The molecule has 0 radical (unpaired) electrons. The third kappa shape index (κ3) is 2.50. The number of carbonyl (C=O) groups excluding carboxylic acids is 1. The van der Waals surface area contributed by atoms with Crippen molar-refractivity contribution in [2.75, 3.05) is 7.11 Å². The van der Waals surface area contributed by atoms with E-state index in [1.165, 1.54) is 7.11 Å². The van der Waals surface area contributed by atoms with Crippen LogP contribution in [0.5, 0.6) is 0 Å². The first-order chi connectivity index (χ1) is 10.6. The lowest BCUT2D eigenvalue weighted by Gasteiger charge is -2.26. The lowest BCUT2D eigenvalue weighted by atomic mass is 9.92. The molecule has 1 aromatic heterocycles. The van der Waals surface area contributed by atoms with Crippen LogP contribution in [0.4, 0.5) is 0 Å². The number of benzene rings is 1. The molecule has 0 fully saturated rings. The third-order valence-corrected chi connectivity index (χ3v) is 5.73. The van der Waals surface area contributed by atoms with Gasteiger partial charge in [-0.2, -0.15) is 0 Å². The predicted octanol–water partition coefficient (Wildman–Crippen LogP) is 3.90. The quantitative estimate of drug-likeness (QED) is 0.631. The van der Waals surface area contributed by atoms with Gasteiger partial charge in [-0.3, -0.25) is 4.79 Å². The Hall–Kier alpha value is -1.52. The number of methoxy groups -OCH3 is 1. The van der Waals surface area contributed by atoms with Gasteiger partial charge in [0.05, 0.1) is 12.8 Å². The zero-order chi connectivity index (χ0) is 15.7. The fraction of sp³-hybridized carbons (Fsp3) is 0.294. The number of halogens is 1. The minimum absolute atomic E-state index is 0.271. The summed E-state index contributed by atoms with van der Waals surface area (Å²) in [7, 11) is 1.42. The second kappa shape index (κ2) is 5.94. The predicted molar refractivity (Wildman–Crippen MR) is 89.1 cm³/mol. The summed E-state index contributed by atoms with van der Waals surface area (Å²) in [6.45, 7) is 1.93. The Bertz CT molecular complexity index is 720. The smallest absolute Gasteiger partial charge is 0.328 e. The molecule has 0 N–H and O–H groups in total. The fourth-order valence-electron chi connectivity index (χ4n) is 2.79. The normalized spacial score (nSPS) is 19.8. The second-order valence-electron chi connectivity index (χ2n) is 5.37. The topological polar surface area (TPSA) is 39.2 Å². The molecule has 0 bridgehead atoms. The molecule has 0 aliphatic carbocycles. The minimum Gasteiger partial charge on any atom is -0.468 e. The number of nitrogens with zero attached hydrogens (tertiary/aromatic N) is 1. The Balaban J connectivity index is 2.11. The average Bonchev–Trinajstić information content (AvgIpc) is 2.87. The van der Waals surface area contributed by atoms with Gasteiger partial charge in [0.2, 0.25) is 0 Å². The van der Waals surface area contributed by atoms with E-state index in [0.29, 0.717) is 11.6 Å². The van der Waals surface area contributed by atoms with Crippen LogP contribution in [0, 0.1) is 6.92 Å². The molecule has 2 aromatic rings. The second-order valence-corrected chi connectivity index (χ2v) is 7.01. The Morgan fingerprint density at radius 2 is 2.14 bits per heavy atom. The number of aryl methyl sites for hydroxylation is 1. The third-order valence-electron chi connectivity index (χ3n) is 3.90. The molecule has 3 nitrogen and oxygen atoms in total. The van der Waals surface area contributed by atoms with Crippen LogP contribution in [-0.2, 0) is 26.5 Å². The van der Waals surface area contributed by atoms with Crippen LogP contribution in [0.3, 0.4) is 0 Å². The van der Waals surface area contributed by atoms with Crippen molar-refractivity contribution in [3.05, 3.63) is 63.9 Å². The van der Waals surface area contributed by atoms with Crippen molar-refractivity contribution in [1.82, 2.24) is 4.98 Å². The lowest BCUT2D eigenvalue weighted by molar-refractivity contribution is -0.143. The number of carbonyl (C=O) groups is 1. The van der Waals surface area contributed by atoms with Gasteiger partial charge in [0.15, 0.2) is 4.75 Å². The van der Waals surface area contributed by atoms with Crippen molar-refractivity contribution in [3.63, 3.8) is 0 Å². The van der Waals surface area contributed by atoms with E-state index in [2.05, 4.69) is 4.98 Å². The van der Waals surface area contributed by atoms with E-state index in [1.807, 2.05) is 43.3 Å². The summed E-state index contributed by atoms with van der Waals surface area (Å²) in [5.74, 6) is 0.468.